The first-order valence-electron chi connectivity index (χ1n) is 8.40. The summed E-state index contributed by atoms with van der Waals surface area (Å²) in [6.45, 7) is 3.67. The summed E-state index contributed by atoms with van der Waals surface area (Å²) in [7, 11) is 0. The van der Waals surface area contributed by atoms with Gasteiger partial charge in [0.05, 0.1) is 19.1 Å². The summed E-state index contributed by atoms with van der Waals surface area (Å²) in [5.74, 6) is -0.426. The fourth-order valence-corrected chi connectivity index (χ4v) is 3.19. The molecule has 1 amide bonds. The van der Waals surface area contributed by atoms with Crippen molar-refractivity contribution in [3.63, 3.8) is 0 Å². The summed E-state index contributed by atoms with van der Waals surface area (Å²) in [4.78, 5) is 14.8. The standard InChI is InChI=1S/C20H22FNO2/c1-2-18(15-8-10-17(21)11-9-15)20(23)22-12-13-24-19(14-22)16-6-4-3-5-7-16/h3-11,18-19H,2,12-14H2,1H3. The molecule has 0 radical (unpaired) electrons. The molecule has 0 spiro atoms. The number of benzene rings is 2. The number of halogens is 1. The zero-order valence-electron chi connectivity index (χ0n) is 13.8. The molecular weight excluding hydrogens is 305 g/mol. The van der Waals surface area contributed by atoms with E-state index in [1.165, 1.54) is 12.1 Å². The Kier molecular flexibility index (Phi) is 5.26. The SMILES string of the molecule is CCC(C(=O)N1CCOC(c2ccccc2)C1)c1ccc(F)cc1. The predicted molar refractivity (Wildman–Crippen MR) is 91.1 cm³/mol. The van der Waals surface area contributed by atoms with Crippen LogP contribution in [0.4, 0.5) is 4.39 Å². The topological polar surface area (TPSA) is 29.5 Å². The molecule has 3 rings (SSSR count). The molecule has 3 nitrogen and oxygen atoms in total. The first-order valence-corrected chi connectivity index (χ1v) is 8.40. The number of amides is 1. The second-order valence-electron chi connectivity index (χ2n) is 6.07. The summed E-state index contributed by atoms with van der Waals surface area (Å²) in [6, 6.07) is 16.2. The maximum atomic E-state index is 13.1. The molecule has 1 saturated heterocycles. The Morgan fingerprint density at radius 3 is 2.58 bits per heavy atom. The number of carbonyl (C=O) groups excluding carboxylic acids is 1. The van der Waals surface area contributed by atoms with Gasteiger partial charge in [-0.1, -0.05) is 49.4 Å². The van der Waals surface area contributed by atoms with E-state index in [1.54, 1.807) is 12.1 Å². The van der Waals surface area contributed by atoms with Gasteiger partial charge in [0.1, 0.15) is 11.9 Å². The van der Waals surface area contributed by atoms with Gasteiger partial charge in [0, 0.05) is 6.54 Å². The molecule has 2 unspecified atom stereocenters. The predicted octanol–water partition coefficient (Wildman–Crippen LogP) is 3.92. The fourth-order valence-electron chi connectivity index (χ4n) is 3.19. The highest BCUT2D eigenvalue weighted by Crippen LogP contribution is 2.27. The molecule has 2 aromatic rings. The van der Waals surface area contributed by atoms with Crippen LogP contribution in [0.2, 0.25) is 0 Å². The minimum atomic E-state index is -0.281. The Hall–Kier alpha value is -2.20. The molecule has 126 valence electrons. The van der Waals surface area contributed by atoms with E-state index >= 15 is 0 Å². The first-order chi connectivity index (χ1) is 11.7. The number of carbonyl (C=O) groups is 1. The van der Waals surface area contributed by atoms with Gasteiger partial charge in [-0.2, -0.15) is 0 Å². The van der Waals surface area contributed by atoms with Gasteiger partial charge in [0.15, 0.2) is 0 Å². The van der Waals surface area contributed by atoms with E-state index < -0.39 is 0 Å². The van der Waals surface area contributed by atoms with E-state index in [4.69, 9.17) is 4.74 Å². The second kappa shape index (κ2) is 7.58. The molecule has 24 heavy (non-hydrogen) atoms. The summed E-state index contributed by atoms with van der Waals surface area (Å²) in [5, 5.41) is 0. The number of morpholine rings is 1. The summed E-state index contributed by atoms with van der Waals surface area (Å²) >= 11 is 0. The maximum Gasteiger partial charge on any atom is 0.230 e. The van der Waals surface area contributed by atoms with Crippen molar-refractivity contribution in [2.45, 2.75) is 25.4 Å². The average molecular weight is 327 g/mol. The molecule has 0 aliphatic carbocycles. The summed E-state index contributed by atoms with van der Waals surface area (Å²) in [5.41, 5.74) is 1.96. The Bertz CT molecular complexity index is 672. The number of nitrogens with zero attached hydrogens (tertiary/aromatic N) is 1. The molecule has 0 bridgehead atoms. The third-order valence-corrected chi connectivity index (χ3v) is 4.53. The van der Waals surface area contributed by atoms with Gasteiger partial charge in [0.25, 0.3) is 0 Å². The van der Waals surface area contributed by atoms with Gasteiger partial charge >= 0.3 is 0 Å². The lowest BCUT2D eigenvalue weighted by Crippen LogP contribution is -2.44. The minimum absolute atomic E-state index is 0.0883. The maximum absolute atomic E-state index is 13.1. The molecule has 1 fully saturated rings. The third kappa shape index (κ3) is 3.65. The molecule has 2 aromatic carbocycles. The van der Waals surface area contributed by atoms with Gasteiger partial charge in [-0.15, -0.1) is 0 Å². The number of ether oxygens (including phenoxy) is 1. The summed E-state index contributed by atoms with van der Waals surface area (Å²) in [6.07, 6.45) is 0.604. The highest BCUT2D eigenvalue weighted by atomic mass is 19.1. The Morgan fingerprint density at radius 1 is 1.21 bits per heavy atom. The van der Waals surface area contributed by atoms with Crippen molar-refractivity contribution in [3.05, 3.63) is 71.5 Å². The van der Waals surface area contributed by atoms with Crippen molar-refractivity contribution in [3.8, 4) is 0 Å². The smallest absolute Gasteiger partial charge is 0.230 e. The monoisotopic (exact) mass is 327 g/mol. The van der Waals surface area contributed by atoms with Crippen LogP contribution in [0.5, 0.6) is 0 Å². The second-order valence-corrected chi connectivity index (χ2v) is 6.07. The van der Waals surface area contributed by atoms with E-state index in [0.29, 0.717) is 26.1 Å². The van der Waals surface area contributed by atoms with E-state index in [2.05, 4.69) is 0 Å². The van der Waals surface area contributed by atoms with E-state index in [0.717, 1.165) is 11.1 Å². The number of hydrogen-bond acceptors (Lipinski definition) is 2. The van der Waals surface area contributed by atoms with Crippen LogP contribution in [-0.2, 0) is 9.53 Å². The average Bonchev–Trinajstić information content (AvgIpc) is 2.64. The molecular formula is C20H22FNO2. The van der Waals surface area contributed by atoms with Gasteiger partial charge in [-0.3, -0.25) is 4.79 Å². The van der Waals surface area contributed by atoms with Gasteiger partial charge in [-0.25, -0.2) is 4.39 Å². The van der Waals surface area contributed by atoms with Crippen LogP contribution in [-0.4, -0.2) is 30.5 Å². The van der Waals surface area contributed by atoms with E-state index in [9.17, 15) is 9.18 Å². The van der Waals surface area contributed by atoms with Crippen LogP contribution in [0.15, 0.2) is 54.6 Å². The van der Waals surface area contributed by atoms with Crippen molar-refractivity contribution in [1.29, 1.82) is 0 Å². The molecule has 0 N–H and O–H groups in total. The molecule has 1 aliphatic heterocycles. The Labute approximate surface area is 142 Å². The van der Waals surface area contributed by atoms with Crippen LogP contribution in [0, 0.1) is 5.82 Å². The molecule has 1 heterocycles. The van der Waals surface area contributed by atoms with E-state index in [1.807, 2.05) is 42.2 Å². The number of hydrogen-bond donors (Lipinski definition) is 0. The van der Waals surface area contributed by atoms with Crippen molar-refractivity contribution < 1.29 is 13.9 Å². The van der Waals surface area contributed by atoms with Crippen LogP contribution in [0.1, 0.15) is 36.5 Å². The number of rotatable bonds is 4. The lowest BCUT2D eigenvalue weighted by Gasteiger charge is -2.35. The van der Waals surface area contributed by atoms with Gasteiger partial charge in [-0.05, 0) is 29.7 Å². The van der Waals surface area contributed by atoms with Gasteiger partial charge in [0.2, 0.25) is 5.91 Å². The van der Waals surface area contributed by atoms with Crippen molar-refractivity contribution in [1.82, 2.24) is 4.90 Å². The molecule has 2 atom stereocenters. The lowest BCUT2D eigenvalue weighted by molar-refractivity contribution is -0.140. The zero-order valence-corrected chi connectivity index (χ0v) is 13.8. The van der Waals surface area contributed by atoms with Crippen molar-refractivity contribution >= 4 is 5.91 Å². The van der Waals surface area contributed by atoms with Crippen LogP contribution in [0.25, 0.3) is 0 Å². The Balaban J connectivity index is 1.74. The van der Waals surface area contributed by atoms with Crippen molar-refractivity contribution in [2.24, 2.45) is 0 Å². The quantitative estimate of drug-likeness (QED) is 0.852. The van der Waals surface area contributed by atoms with Gasteiger partial charge < -0.3 is 9.64 Å². The summed E-state index contributed by atoms with van der Waals surface area (Å²) < 4.78 is 19.0. The van der Waals surface area contributed by atoms with Crippen molar-refractivity contribution in [2.75, 3.05) is 19.7 Å². The lowest BCUT2D eigenvalue weighted by atomic mass is 9.94. The molecule has 4 heteroatoms. The highest BCUT2D eigenvalue weighted by Gasteiger charge is 2.30. The van der Waals surface area contributed by atoms with E-state index in [-0.39, 0.29) is 23.7 Å². The minimum Gasteiger partial charge on any atom is -0.370 e. The molecule has 0 aromatic heterocycles. The fraction of sp³-hybridized carbons (Fsp3) is 0.350. The first kappa shape index (κ1) is 16.7. The Morgan fingerprint density at radius 2 is 1.92 bits per heavy atom. The van der Waals surface area contributed by atoms with Crippen LogP contribution >= 0.6 is 0 Å². The highest BCUT2D eigenvalue weighted by molar-refractivity contribution is 5.83. The largest absolute Gasteiger partial charge is 0.370 e. The van der Waals surface area contributed by atoms with Crippen LogP contribution < -0.4 is 0 Å². The molecule has 1 aliphatic rings. The zero-order chi connectivity index (χ0) is 16.9. The normalized spacial score (nSPS) is 19.1. The third-order valence-electron chi connectivity index (χ3n) is 4.53. The molecule has 0 saturated carbocycles. The van der Waals surface area contributed by atoms with Crippen LogP contribution in [0.3, 0.4) is 0 Å².